The number of hydrogen-bond acceptors (Lipinski definition) is 3. The molecule has 138 valence electrons. The second-order valence-electron chi connectivity index (χ2n) is 5.53. The highest BCUT2D eigenvalue weighted by Gasteiger charge is 2.29. The molecule has 0 unspecified atom stereocenters. The second kappa shape index (κ2) is 8.75. The summed E-state index contributed by atoms with van der Waals surface area (Å²) in [4.78, 5) is 23.6. The minimum Gasteiger partial charge on any atom is -0.325 e. The van der Waals surface area contributed by atoms with Gasteiger partial charge in [-0.1, -0.05) is 17.7 Å². The molecule has 2 amide bonds. The number of rotatable bonds is 6. The Kier molecular flexibility index (Phi) is 6.68. The lowest BCUT2D eigenvalue weighted by Gasteiger charge is -2.09. The first kappa shape index (κ1) is 19.8. The minimum atomic E-state index is -4.41. The SMILES string of the molecule is Cc1ccc(NC(=O)CSCC(=O)Nc2ccc(C(F)(F)F)cc2)cc1. The highest BCUT2D eigenvalue weighted by molar-refractivity contribution is 8.00. The highest BCUT2D eigenvalue weighted by Crippen LogP contribution is 2.29. The Labute approximate surface area is 153 Å². The molecule has 0 saturated carbocycles. The van der Waals surface area contributed by atoms with Crippen LogP contribution in [0, 0.1) is 6.92 Å². The van der Waals surface area contributed by atoms with E-state index >= 15 is 0 Å². The van der Waals surface area contributed by atoms with Crippen molar-refractivity contribution in [3.8, 4) is 0 Å². The van der Waals surface area contributed by atoms with Gasteiger partial charge in [-0.05, 0) is 43.3 Å². The molecular weight excluding hydrogens is 365 g/mol. The van der Waals surface area contributed by atoms with Gasteiger partial charge in [0.25, 0.3) is 0 Å². The van der Waals surface area contributed by atoms with Crippen molar-refractivity contribution in [3.63, 3.8) is 0 Å². The molecule has 0 aliphatic heterocycles. The molecule has 0 radical (unpaired) electrons. The molecule has 8 heteroatoms. The molecule has 2 aromatic rings. The van der Waals surface area contributed by atoms with E-state index in [1.165, 1.54) is 12.1 Å². The highest BCUT2D eigenvalue weighted by atomic mass is 32.2. The van der Waals surface area contributed by atoms with E-state index in [2.05, 4.69) is 10.6 Å². The van der Waals surface area contributed by atoms with E-state index < -0.39 is 17.6 Å². The number of nitrogens with one attached hydrogen (secondary N) is 2. The number of carbonyl (C=O) groups is 2. The maximum absolute atomic E-state index is 12.5. The lowest BCUT2D eigenvalue weighted by molar-refractivity contribution is -0.137. The van der Waals surface area contributed by atoms with Crippen molar-refractivity contribution in [2.24, 2.45) is 0 Å². The number of alkyl halides is 3. The summed E-state index contributed by atoms with van der Waals surface area (Å²) in [7, 11) is 0. The van der Waals surface area contributed by atoms with Gasteiger partial charge in [-0.2, -0.15) is 13.2 Å². The van der Waals surface area contributed by atoms with Gasteiger partial charge < -0.3 is 10.6 Å². The Morgan fingerprint density at radius 3 is 1.69 bits per heavy atom. The Balaban J connectivity index is 1.73. The molecule has 0 heterocycles. The van der Waals surface area contributed by atoms with Gasteiger partial charge in [0.15, 0.2) is 0 Å². The van der Waals surface area contributed by atoms with E-state index in [0.29, 0.717) is 5.69 Å². The van der Waals surface area contributed by atoms with Crippen LogP contribution in [0.5, 0.6) is 0 Å². The topological polar surface area (TPSA) is 58.2 Å². The van der Waals surface area contributed by atoms with Crippen molar-refractivity contribution in [1.29, 1.82) is 0 Å². The third kappa shape index (κ3) is 6.44. The monoisotopic (exact) mass is 382 g/mol. The minimum absolute atomic E-state index is 0.0162. The Bertz CT molecular complexity index is 760. The molecule has 0 fully saturated rings. The fourth-order valence-corrected chi connectivity index (χ4v) is 2.63. The van der Waals surface area contributed by atoms with Crippen LogP contribution in [0.3, 0.4) is 0 Å². The van der Waals surface area contributed by atoms with Gasteiger partial charge in [0.1, 0.15) is 0 Å². The molecule has 0 aromatic heterocycles. The van der Waals surface area contributed by atoms with Crippen LogP contribution >= 0.6 is 11.8 Å². The quantitative estimate of drug-likeness (QED) is 0.782. The maximum atomic E-state index is 12.5. The molecule has 0 saturated heterocycles. The van der Waals surface area contributed by atoms with Crippen LogP contribution in [0.2, 0.25) is 0 Å². The molecule has 0 aliphatic carbocycles. The zero-order chi connectivity index (χ0) is 19.2. The molecule has 0 bridgehead atoms. The molecule has 0 atom stereocenters. The molecule has 2 rings (SSSR count). The first-order valence-electron chi connectivity index (χ1n) is 7.65. The standard InChI is InChI=1S/C18H17F3N2O2S/c1-12-2-6-14(7-3-12)22-16(24)10-26-11-17(25)23-15-8-4-13(5-9-15)18(19,20)21/h2-9H,10-11H2,1H3,(H,22,24)(H,23,25). The summed E-state index contributed by atoms with van der Waals surface area (Å²) < 4.78 is 37.4. The van der Waals surface area contributed by atoms with Crippen molar-refractivity contribution in [3.05, 3.63) is 59.7 Å². The number of aryl methyl sites for hydroxylation is 1. The van der Waals surface area contributed by atoms with Gasteiger partial charge >= 0.3 is 6.18 Å². The van der Waals surface area contributed by atoms with E-state index in [1.807, 2.05) is 19.1 Å². The second-order valence-corrected chi connectivity index (χ2v) is 6.52. The van der Waals surface area contributed by atoms with E-state index in [0.717, 1.165) is 29.5 Å². The van der Waals surface area contributed by atoms with Gasteiger partial charge in [-0.25, -0.2) is 0 Å². The average Bonchev–Trinajstić information content (AvgIpc) is 2.56. The average molecular weight is 382 g/mol. The van der Waals surface area contributed by atoms with Crippen molar-refractivity contribution >= 4 is 35.0 Å². The Morgan fingerprint density at radius 1 is 0.846 bits per heavy atom. The van der Waals surface area contributed by atoms with Gasteiger partial charge in [0, 0.05) is 11.4 Å². The van der Waals surface area contributed by atoms with Crippen molar-refractivity contribution in [2.45, 2.75) is 13.1 Å². The Hall–Kier alpha value is -2.48. The lowest BCUT2D eigenvalue weighted by atomic mass is 10.2. The normalized spacial score (nSPS) is 11.1. The van der Waals surface area contributed by atoms with Crippen LogP contribution in [-0.2, 0) is 15.8 Å². The van der Waals surface area contributed by atoms with Crippen molar-refractivity contribution in [2.75, 3.05) is 22.1 Å². The number of carbonyl (C=O) groups excluding carboxylic acids is 2. The van der Waals surface area contributed by atoms with E-state index in [-0.39, 0.29) is 23.1 Å². The zero-order valence-corrected chi connectivity index (χ0v) is 14.7. The summed E-state index contributed by atoms with van der Waals surface area (Å²) in [6.45, 7) is 1.94. The fourth-order valence-electron chi connectivity index (χ4n) is 2.01. The van der Waals surface area contributed by atoms with E-state index in [4.69, 9.17) is 0 Å². The molecular formula is C18H17F3N2O2S. The van der Waals surface area contributed by atoms with Crippen LogP contribution in [0.15, 0.2) is 48.5 Å². The summed E-state index contributed by atoms with van der Waals surface area (Å²) in [6.07, 6.45) is -4.41. The number of amides is 2. The number of hydrogen-bond donors (Lipinski definition) is 2. The number of anilines is 2. The Morgan fingerprint density at radius 2 is 1.27 bits per heavy atom. The molecule has 2 aromatic carbocycles. The summed E-state index contributed by atoms with van der Waals surface area (Å²) in [6, 6.07) is 11.5. The van der Waals surface area contributed by atoms with Gasteiger partial charge in [0.05, 0.1) is 17.1 Å². The van der Waals surface area contributed by atoms with E-state index in [1.54, 1.807) is 12.1 Å². The third-order valence-electron chi connectivity index (χ3n) is 3.30. The number of benzene rings is 2. The summed E-state index contributed by atoms with van der Waals surface area (Å²) in [5.74, 6) is -0.518. The summed E-state index contributed by atoms with van der Waals surface area (Å²) in [5.41, 5.74) is 1.25. The summed E-state index contributed by atoms with van der Waals surface area (Å²) in [5, 5.41) is 5.21. The predicted octanol–water partition coefficient (Wildman–Crippen LogP) is 4.32. The van der Waals surface area contributed by atoms with Crippen molar-refractivity contribution in [1.82, 2.24) is 0 Å². The molecule has 26 heavy (non-hydrogen) atoms. The van der Waals surface area contributed by atoms with Crippen LogP contribution in [0.25, 0.3) is 0 Å². The maximum Gasteiger partial charge on any atom is 0.416 e. The van der Waals surface area contributed by atoms with Crippen LogP contribution in [-0.4, -0.2) is 23.3 Å². The number of thioether (sulfide) groups is 1. The van der Waals surface area contributed by atoms with Gasteiger partial charge in [-0.3, -0.25) is 9.59 Å². The summed E-state index contributed by atoms with van der Waals surface area (Å²) >= 11 is 1.11. The van der Waals surface area contributed by atoms with Crippen LogP contribution < -0.4 is 10.6 Å². The smallest absolute Gasteiger partial charge is 0.325 e. The van der Waals surface area contributed by atoms with Gasteiger partial charge in [-0.15, -0.1) is 11.8 Å². The molecule has 2 N–H and O–H groups in total. The van der Waals surface area contributed by atoms with Gasteiger partial charge in [0.2, 0.25) is 11.8 Å². The largest absolute Gasteiger partial charge is 0.416 e. The zero-order valence-electron chi connectivity index (χ0n) is 13.9. The predicted molar refractivity (Wildman–Crippen MR) is 97.2 cm³/mol. The fraction of sp³-hybridized carbons (Fsp3) is 0.222. The van der Waals surface area contributed by atoms with Crippen LogP contribution in [0.4, 0.5) is 24.5 Å². The molecule has 4 nitrogen and oxygen atoms in total. The lowest BCUT2D eigenvalue weighted by Crippen LogP contribution is -2.18. The van der Waals surface area contributed by atoms with E-state index in [9.17, 15) is 22.8 Å². The molecule has 0 aliphatic rings. The first-order chi connectivity index (χ1) is 12.2. The third-order valence-corrected chi connectivity index (χ3v) is 4.23. The molecule has 0 spiro atoms. The number of halogens is 3. The first-order valence-corrected chi connectivity index (χ1v) is 8.81. The van der Waals surface area contributed by atoms with Crippen molar-refractivity contribution < 1.29 is 22.8 Å². The van der Waals surface area contributed by atoms with Crippen LogP contribution in [0.1, 0.15) is 11.1 Å².